The van der Waals surface area contributed by atoms with Crippen LogP contribution in [0.15, 0.2) is 78.0 Å². The second-order valence-electron chi connectivity index (χ2n) is 8.52. The summed E-state index contributed by atoms with van der Waals surface area (Å²) in [5.41, 5.74) is 3.12. The van der Waals surface area contributed by atoms with Crippen molar-refractivity contribution in [3.63, 3.8) is 0 Å². The molecule has 1 unspecified atom stereocenters. The van der Waals surface area contributed by atoms with Crippen molar-refractivity contribution in [3.05, 3.63) is 94.7 Å². The third kappa shape index (κ3) is 5.30. The molecule has 3 aromatic rings. The minimum absolute atomic E-state index is 0.0303. The second-order valence-corrected chi connectivity index (χ2v) is 8.52. The highest BCUT2D eigenvalue weighted by atomic mass is 16.7. The Balaban J connectivity index is 1.34. The van der Waals surface area contributed by atoms with Gasteiger partial charge < -0.3 is 34.3 Å². The largest absolute Gasteiger partial charge is 0.493 e. The fraction of sp³-hybridized carbons (Fsp3) is 0.214. The van der Waals surface area contributed by atoms with Gasteiger partial charge in [-0.2, -0.15) is 0 Å². The number of urea groups is 1. The van der Waals surface area contributed by atoms with Crippen LogP contribution in [0.3, 0.4) is 0 Å². The molecule has 2 amide bonds. The molecule has 0 spiro atoms. The Morgan fingerprint density at radius 3 is 2.57 bits per heavy atom. The summed E-state index contributed by atoms with van der Waals surface area (Å²) in [5, 5.41) is 5.47. The number of carbonyl (C=O) groups is 2. The van der Waals surface area contributed by atoms with Crippen LogP contribution in [0.1, 0.15) is 29.7 Å². The van der Waals surface area contributed by atoms with Gasteiger partial charge in [0.2, 0.25) is 6.79 Å². The zero-order chi connectivity index (χ0) is 25.8. The Morgan fingerprint density at radius 1 is 0.946 bits per heavy atom. The van der Waals surface area contributed by atoms with Crippen molar-refractivity contribution in [3.8, 4) is 23.0 Å². The highest BCUT2D eigenvalue weighted by Crippen LogP contribution is 2.36. The molecule has 2 heterocycles. The predicted molar refractivity (Wildman–Crippen MR) is 133 cm³/mol. The molecule has 0 radical (unpaired) electrons. The van der Waals surface area contributed by atoms with E-state index in [1.165, 1.54) is 7.11 Å². The molecule has 2 aliphatic rings. The van der Waals surface area contributed by atoms with E-state index in [4.69, 9.17) is 23.7 Å². The van der Waals surface area contributed by atoms with E-state index in [0.717, 1.165) is 11.1 Å². The van der Waals surface area contributed by atoms with Crippen LogP contribution in [-0.4, -0.2) is 25.9 Å². The zero-order valence-corrected chi connectivity index (χ0v) is 20.4. The van der Waals surface area contributed by atoms with Gasteiger partial charge >= 0.3 is 12.0 Å². The van der Waals surface area contributed by atoms with Gasteiger partial charge in [-0.3, -0.25) is 0 Å². The number of carbonyl (C=O) groups excluding carboxylic acids is 2. The van der Waals surface area contributed by atoms with Crippen molar-refractivity contribution in [2.75, 3.05) is 13.9 Å². The summed E-state index contributed by atoms with van der Waals surface area (Å²) in [5.74, 6) is 1.72. The third-order valence-corrected chi connectivity index (χ3v) is 6.05. The molecule has 9 heteroatoms. The lowest BCUT2D eigenvalue weighted by Gasteiger charge is -2.28. The summed E-state index contributed by atoms with van der Waals surface area (Å²) < 4.78 is 27.8. The Morgan fingerprint density at radius 2 is 1.76 bits per heavy atom. The summed E-state index contributed by atoms with van der Waals surface area (Å²) in [4.78, 5) is 25.5. The predicted octanol–water partition coefficient (Wildman–Crippen LogP) is 4.37. The molecule has 1 atom stereocenters. The summed E-state index contributed by atoms with van der Waals surface area (Å²) >= 11 is 0. The first-order valence-electron chi connectivity index (χ1n) is 11.7. The van der Waals surface area contributed by atoms with Crippen LogP contribution < -0.4 is 29.6 Å². The van der Waals surface area contributed by atoms with E-state index < -0.39 is 18.0 Å². The van der Waals surface area contributed by atoms with Gasteiger partial charge in [-0.25, -0.2) is 9.59 Å². The van der Waals surface area contributed by atoms with Crippen LogP contribution in [0.2, 0.25) is 0 Å². The summed E-state index contributed by atoms with van der Waals surface area (Å²) in [6.07, 6.45) is 0. The zero-order valence-electron chi connectivity index (χ0n) is 20.4. The maximum absolute atomic E-state index is 13.2. The van der Waals surface area contributed by atoms with Crippen LogP contribution >= 0.6 is 0 Å². The smallest absolute Gasteiger partial charge is 0.338 e. The molecule has 0 bridgehead atoms. The van der Waals surface area contributed by atoms with Crippen molar-refractivity contribution in [1.29, 1.82) is 0 Å². The molecule has 5 rings (SSSR count). The number of methoxy groups -OCH3 is 1. The van der Waals surface area contributed by atoms with Crippen molar-refractivity contribution in [2.45, 2.75) is 26.2 Å². The molecule has 9 nitrogen and oxygen atoms in total. The van der Waals surface area contributed by atoms with E-state index in [2.05, 4.69) is 10.6 Å². The molecular weight excluding hydrogens is 476 g/mol. The molecule has 0 fully saturated rings. The summed E-state index contributed by atoms with van der Waals surface area (Å²) in [6.45, 7) is 2.23. The molecule has 3 aromatic carbocycles. The van der Waals surface area contributed by atoms with E-state index in [9.17, 15) is 9.59 Å². The molecule has 2 N–H and O–H groups in total. The average molecular weight is 503 g/mol. The van der Waals surface area contributed by atoms with E-state index in [1.54, 1.807) is 43.3 Å². The van der Waals surface area contributed by atoms with Crippen LogP contribution in [-0.2, 0) is 22.7 Å². The van der Waals surface area contributed by atoms with Gasteiger partial charge in [0.25, 0.3) is 0 Å². The molecule has 0 saturated carbocycles. The quantitative estimate of drug-likeness (QED) is 0.441. The SMILES string of the molecule is COc1cc(C2NC(=O)NC(C)=C2C(=O)OCc2ccc3c(c2)OCO3)ccc1OCc1ccccc1. The van der Waals surface area contributed by atoms with Crippen molar-refractivity contribution in [2.24, 2.45) is 0 Å². The monoisotopic (exact) mass is 502 g/mol. The molecule has 0 aliphatic carbocycles. The van der Waals surface area contributed by atoms with Gasteiger partial charge in [-0.05, 0) is 47.9 Å². The number of allylic oxidation sites excluding steroid dienone is 1. The Kier molecular flexibility index (Phi) is 6.85. The topological polar surface area (TPSA) is 104 Å². The van der Waals surface area contributed by atoms with E-state index in [0.29, 0.717) is 46.4 Å². The van der Waals surface area contributed by atoms with Gasteiger partial charge in [-0.15, -0.1) is 0 Å². The number of fused-ring (bicyclic) bond motifs is 1. The number of ether oxygens (including phenoxy) is 5. The standard InChI is InChI=1S/C28H26N2O7/c1-17-25(27(31)35-15-19-8-10-22-24(12-19)37-16-36-22)26(30-28(32)29-17)20-9-11-21(23(13-20)33-2)34-14-18-6-4-3-5-7-18/h3-13,26H,14-16H2,1-2H3,(H2,29,30,32). The summed E-state index contributed by atoms with van der Waals surface area (Å²) in [7, 11) is 1.54. The Labute approximate surface area is 213 Å². The highest BCUT2D eigenvalue weighted by Gasteiger charge is 2.33. The highest BCUT2D eigenvalue weighted by molar-refractivity contribution is 5.95. The molecule has 0 saturated heterocycles. The number of hydrogen-bond donors (Lipinski definition) is 2. The fourth-order valence-corrected chi connectivity index (χ4v) is 4.19. The van der Waals surface area contributed by atoms with Gasteiger partial charge in [-0.1, -0.05) is 42.5 Å². The number of hydrogen-bond acceptors (Lipinski definition) is 7. The lowest BCUT2D eigenvalue weighted by molar-refractivity contribution is -0.140. The van der Waals surface area contributed by atoms with Crippen LogP contribution in [0, 0.1) is 0 Å². The number of rotatable bonds is 8. The maximum atomic E-state index is 13.2. The number of esters is 1. The molecule has 0 aromatic heterocycles. The Hall–Kier alpha value is -4.66. The van der Waals surface area contributed by atoms with Crippen LogP contribution in [0.25, 0.3) is 0 Å². The molecule has 37 heavy (non-hydrogen) atoms. The minimum Gasteiger partial charge on any atom is -0.493 e. The third-order valence-electron chi connectivity index (χ3n) is 6.05. The first kappa shape index (κ1) is 24.1. The molecule has 2 aliphatic heterocycles. The molecule has 190 valence electrons. The van der Waals surface area contributed by atoms with E-state index in [-0.39, 0.29) is 13.4 Å². The fourth-order valence-electron chi connectivity index (χ4n) is 4.19. The van der Waals surface area contributed by atoms with Gasteiger partial charge in [0.1, 0.15) is 13.2 Å². The lowest BCUT2D eigenvalue weighted by Crippen LogP contribution is -2.45. The van der Waals surface area contributed by atoms with Crippen molar-refractivity contribution >= 4 is 12.0 Å². The van der Waals surface area contributed by atoms with Gasteiger partial charge in [0, 0.05) is 5.70 Å². The number of nitrogens with one attached hydrogen (secondary N) is 2. The van der Waals surface area contributed by atoms with Crippen LogP contribution in [0.5, 0.6) is 23.0 Å². The molecular formula is C28H26N2O7. The summed E-state index contributed by atoms with van der Waals surface area (Å²) in [6, 6.07) is 19.3. The number of amides is 2. The van der Waals surface area contributed by atoms with Gasteiger partial charge in [0.15, 0.2) is 23.0 Å². The second kappa shape index (κ2) is 10.5. The maximum Gasteiger partial charge on any atom is 0.338 e. The lowest BCUT2D eigenvalue weighted by atomic mass is 9.95. The number of benzene rings is 3. The first-order chi connectivity index (χ1) is 18.0. The normalized spacial score (nSPS) is 16.1. The van der Waals surface area contributed by atoms with Crippen LogP contribution in [0.4, 0.5) is 4.79 Å². The van der Waals surface area contributed by atoms with E-state index >= 15 is 0 Å². The van der Waals surface area contributed by atoms with E-state index in [1.807, 2.05) is 30.3 Å². The average Bonchev–Trinajstić information content (AvgIpc) is 3.38. The van der Waals surface area contributed by atoms with Gasteiger partial charge in [0.05, 0.1) is 18.7 Å². The van der Waals surface area contributed by atoms with Crippen molar-refractivity contribution < 1.29 is 33.3 Å². The Bertz CT molecular complexity index is 1350. The first-order valence-corrected chi connectivity index (χ1v) is 11.7. The minimum atomic E-state index is -0.741. The van der Waals surface area contributed by atoms with Crippen molar-refractivity contribution in [1.82, 2.24) is 10.6 Å².